The van der Waals surface area contributed by atoms with Crippen LogP contribution >= 0.6 is 0 Å². The first-order valence-electron chi connectivity index (χ1n) is 8.92. The van der Waals surface area contributed by atoms with Crippen LogP contribution in [0.25, 0.3) is 11.3 Å². The molecule has 1 aromatic heterocycles. The number of nitrogens with zero attached hydrogens (tertiary/aromatic N) is 3. The first kappa shape index (κ1) is 18.7. The average Bonchev–Trinajstić information content (AvgIpc) is 3.37. The van der Waals surface area contributed by atoms with Crippen molar-refractivity contribution in [1.29, 1.82) is 0 Å². The Bertz CT molecular complexity index is 892. The molecule has 0 bridgehead atoms. The molecule has 0 spiro atoms. The van der Waals surface area contributed by atoms with Gasteiger partial charge < -0.3 is 20.3 Å². The van der Waals surface area contributed by atoms with E-state index in [2.05, 4.69) is 25.2 Å². The van der Waals surface area contributed by atoms with E-state index in [1.165, 1.54) is 6.07 Å². The molecule has 7 nitrogen and oxygen atoms in total. The SMILES string of the molecule is CC1(O)CC(Nc2nnc(-c3ccc(OC(F)(F)F)cc3O)c(C3CC3)n2)C1. The molecule has 0 aliphatic heterocycles. The Hall–Kier alpha value is -2.62. The fourth-order valence-corrected chi connectivity index (χ4v) is 3.43. The molecule has 2 fully saturated rings. The second kappa shape index (κ2) is 6.47. The van der Waals surface area contributed by atoms with E-state index >= 15 is 0 Å². The summed E-state index contributed by atoms with van der Waals surface area (Å²) in [6.07, 6.45) is -1.84. The maximum atomic E-state index is 12.3. The van der Waals surface area contributed by atoms with E-state index in [0.29, 0.717) is 30.2 Å². The number of rotatable bonds is 5. The lowest BCUT2D eigenvalue weighted by Gasteiger charge is -2.41. The van der Waals surface area contributed by atoms with Crippen molar-refractivity contribution < 1.29 is 28.1 Å². The van der Waals surface area contributed by atoms with Crippen LogP contribution in [0.3, 0.4) is 0 Å². The normalized spacial score (nSPS) is 24.5. The maximum absolute atomic E-state index is 12.3. The van der Waals surface area contributed by atoms with E-state index < -0.39 is 23.5 Å². The summed E-state index contributed by atoms with van der Waals surface area (Å²) in [4.78, 5) is 4.51. The minimum Gasteiger partial charge on any atom is -0.507 e. The number of aromatic hydroxyl groups is 1. The highest BCUT2D eigenvalue weighted by Gasteiger charge is 2.39. The smallest absolute Gasteiger partial charge is 0.507 e. The van der Waals surface area contributed by atoms with E-state index in [0.717, 1.165) is 25.0 Å². The number of anilines is 1. The third kappa shape index (κ3) is 4.11. The van der Waals surface area contributed by atoms with Crippen LogP contribution < -0.4 is 10.1 Å². The van der Waals surface area contributed by atoms with E-state index in [1.54, 1.807) is 6.92 Å². The summed E-state index contributed by atoms with van der Waals surface area (Å²) in [6, 6.07) is 3.37. The summed E-state index contributed by atoms with van der Waals surface area (Å²) in [5.41, 5.74) is 0.541. The average molecular weight is 396 g/mol. The molecule has 2 aliphatic rings. The molecule has 0 radical (unpaired) electrons. The monoisotopic (exact) mass is 396 g/mol. The van der Waals surface area contributed by atoms with Crippen molar-refractivity contribution in [2.24, 2.45) is 0 Å². The Morgan fingerprint density at radius 3 is 2.50 bits per heavy atom. The molecule has 3 N–H and O–H groups in total. The van der Waals surface area contributed by atoms with Gasteiger partial charge in [-0.15, -0.1) is 23.4 Å². The van der Waals surface area contributed by atoms with Crippen LogP contribution in [-0.2, 0) is 0 Å². The van der Waals surface area contributed by atoms with Crippen molar-refractivity contribution in [2.45, 2.75) is 56.5 Å². The molecule has 0 atom stereocenters. The van der Waals surface area contributed by atoms with Crippen molar-refractivity contribution in [3.05, 3.63) is 23.9 Å². The molecule has 2 aromatic rings. The van der Waals surface area contributed by atoms with Crippen LogP contribution in [0.5, 0.6) is 11.5 Å². The number of hydrogen-bond donors (Lipinski definition) is 3. The summed E-state index contributed by atoms with van der Waals surface area (Å²) in [7, 11) is 0. The second-order valence-corrected chi connectivity index (χ2v) is 7.62. The number of aromatic nitrogens is 3. The summed E-state index contributed by atoms with van der Waals surface area (Å²) >= 11 is 0. The van der Waals surface area contributed by atoms with Crippen LogP contribution in [0.15, 0.2) is 18.2 Å². The fraction of sp³-hybridized carbons (Fsp3) is 0.500. The molecule has 1 heterocycles. The fourth-order valence-electron chi connectivity index (χ4n) is 3.43. The van der Waals surface area contributed by atoms with Crippen molar-refractivity contribution >= 4 is 5.95 Å². The van der Waals surface area contributed by atoms with Crippen molar-refractivity contribution in [2.75, 3.05) is 5.32 Å². The highest BCUT2D eigenvalue weighted by atomic mass is 19.4. The minimum absolute atomic E-state index is 0.0573. The van der Waals surface area contributed by atoms with Gasteiger partial charge in [0.15, 0.2) is 0 Å². The Morgan fingerprint density at radius 1 is 1.21 bits per heavy atom. The summed E-state index contributed by atoms with van der Waals surface area (Å²) in [6.45, 7) is 1.76. The molecule has 0 amide bonds. The van der Waals surface area contributed by atoms with Crippen molar-refractivity contribution in [3.63, 3.8) is 0 Å². The van der Waals surface area contributed by atoms with Crippen LogP contribution in [0.2, 0.25) is 0 Å². The quantitative estimate of drug-likeness (QED) is 0.713. The Balaban J connectivity index is 1.59. The van der Waals surface area contributed by atoms with Crippen LogP contribution in [0.4, 0.5) is 19.1 Å². The number of ether oxygens (including phenoxy) is 1. The minimum atomic E-state index is -4.84. The van der Waals surface area contributed by atoms with Gasteiger partial charge in [-0.3, -0.25) is 0 Å². The van der Waals surface area contributed by atoms with E-state index in [9.17, 15) is 23.4 Å². The Morgan fingerprint density at radius 2 is 1.93 bits per heavy atom. The van der Waals surface area contributed by atoms with Gasteiger partial charge in [-0.2, -0.15) is 0 Å². The highest BCUT2D eigenvalue weighted by molar-refractivity contribution is 5.70. The first-order valence-corrected chi connectivity index (χ1v) is 8.92. The number of benzene rings is 1. The maximum Gasteiger partial charge on any atom is 0.573 e. The van der Waals surface area contributed by atoms with Gasteiger partial charge in [0.2, 0.25) is 5.95 Å². The van der Waals surface area contributed by atoms with E-state index in [1.807, 2.05) is 0 Å². The predicted molar refractivity (Wildman–Crippen MR) is 92.9 cm³/mol. The molecule has 4 rings (SSSR count). The molecular formula is C18H19F3N4O3. The summed E-state index contributed by atoms with van der Waals surface area (Å²) in [5, 5.41) is 31.4. The van der Waals surface area contributed by atoms with Gasteiger partial charge in [-0.05, 0) is 44.7 Å². The molecule has 28 heavy (non-hydrogen) atoms. The van der Waals surface area contributed by atoms with Gasteiger partial charge >= 0.3 is 6.36 Å². The largest absolute Gasteiger partial charge is 0.573 e. The topological polar surface area (TPSA) is 100 Å². The number of aliphatic hydroxyl groups is 1. The number of phenols is 1. The van der Waals surface area contributed by atoms with Crippen LogP contribution in [-0.4, -0.2) is 43.4 Å². The standard InChI is InChI=1S/C18H19F3N4O3/c1-17(27)7-10(8-17)22-16-23-14(9-2-3-9)15(24-25-16)12-5-4-11(6-13(12)26)28-18(19,20)21/h4-6,9-10,26-27H,2-3,7-8H2,1H3,(H,22,23,25). The third-order valence-electron chi connectivity index (χ3n) is 4.84. The van der Waals surface area contributed by atoms with Crippen molar-refractivity contribution in [1.82, 2.24) is 15.2 Å². The van der Waals surface area contributed by atoms with E-state index in [-0.39, 0.29) is 17.5 Å². The lowest BCUT2D eigenvalue weighted by molar-refractivity contribution is -0.274. The predicted octanol–water partition coefficient (Wildman–Crippen LogP) is 3.35. The molecule has 2 saturated carbocycles. The summed E-state index contributed by atoms with van der Waals surface area (Å²) in [5.74, 6) is -0.405. The first-order chi connectivity index (χ1) is 13.1. The number of nitrogens with one attached hydrogen (secondary N) is 1. The molecule has 1 aromatic carbocycles. The lowest BCUT2D eigenvalue weighted by Crippen LogP contribution is -2.48. The zero-order valence-electron chi connectivity index (χ0n) is 15.0. The number of halogens is 3. The van der Waals surface area contributed by atoms with Gasteiger partial charge in [0.05, 0.1) is 11.3 Å². The second-order valence-electron chi connectivity index (χ2n) is 7.62. The molecular weight excluding hydrogens is 377 g/mol. The molecule has 0 unspecified atom stereocenters. The number of hydrogen-bond acceptors (Lipinski definition) is 7. The zero-order valence-corrected chi connectivity index (χ0v) is 15.0. The van der Waals surface area contributed by atoms with E-state index in [4.69, 9.17) is 0 Å². The lowest BCUT2D eigenvalue weighted by atomic mass is 9.77. The summed E-state index contributed by atoms with van der Waals surface area (Å²) < 4.78 is 40.9. The van der Waals surface area contributed by atoms with Crippen LogP contribution in [0, 0.1) is 0 Å². The number of phenolic OH excluding ortho intramolecular Hbond substituents is 1. The zero-order chi connectivity index (χ0) is 20.1. The molecule has 2 aliphatic carbocycles. The highest BCUT2D eigenvalue weighted by Crippen LogP contribution is 2.45. The Kier molecular flexibility index (Phi) is 4.33. The third-order valence-corrected chi connectivity index (χ3v) is 4.84. The Labute approximate surface area is 158 Å². The molecule has 10 heteroatoms. The molecule has 0 saturated heterocycles. The van der Waals surface area contributed by atoms with Gasteiger partial charge in [0.1, 0.15) is 17.2 Å². The number of alkyl halides is 3. The van der Waals surface area contributed by atoms with Crippen LogP contribution in [0.1, 0.15) is 44.2 Å². The van der Waals surface area contributed by atoms with Gasteiger partial charge in [0.25, 0.3) is 0 Å². The molecule has 150 valence electrons. The van der Waals surface area contributed by atoms with Gasteiger partial charge in [-0.25, -0.2) is 4.98 Å². The van der Waals surface area contributed by atoms with Gasteiger partial charge in [0, 0.05) is 23.6 Å². The van der Waals surface area contributed by atoms with Crippen molar-refractivity contribution in [3.8, 4) is 22.8 Å². The van der Waals surface area contributed by atoms with Gasteiger partial charge in [-0.1, -0.05) is 0 Å².